The molecule has 0 radical (unpaired) electrons. The van der Waals surface area contributed by atoms with Crippen molar-refractivity contribution in [3.8, 4) is 11.4 Å². The maximum absolute atomic E-state index is 11.9. The van der Waals surface area contributed by atoms with Crippen molar-refractivity contribution in [3.63, 3.8) is 0 Å². The van der Waals surface area contributed by atoms with Crippen LogP contribution in [0.4, 0.5) is 0 Å². The van der Waals surface area contributed by atoms with Crippen LogP contribution in [0.25, 0.3) is 5.69 Å². The van der Waals surface area contributed by atoms with Gasteiger partial charge in [0.25, 0.3) is 0 Å². The number of carbonyl (C=O) groups is 1. The lowest BCUT2D eigenvalue weighted by atomic mass is 10.1. The first kappa shape index (κ1) is 15.3. The number of rotatable bonds is 5. The van der Waals surface area contributed by atoms with Crippen molar-refractivity contribution in [3.05, 3.63) is 58.0 Å². The van der Waals surface area contributed by atoms with Gasteiger partial charge in [-0.3, -0.25) is 9.59 Å². The van der Waals surface area contributed by atoms with Gasteiger partial charge in [-0.15, -0.1) is 0 Å². The quantitative estimate of drug-likeness (QED) is 0.798. The summed E-state index contributed by atoms with van der Waals surface area (Å²) in [5, 5.41) is -0.439. The minimum absolute atomic E-state index is 0.0739. The molecule has 5 heteroatoms. The van der Waals surface area contributed by atoms with Crippen LogP contribution in [-0.2, 0) is 11.2 Å². The second kappa shape index (κ2) is 6.59. The molecule has 4 nitrogen and oxygen atoms in total. The summed E-state index contributed by atoms with van der Waals surface area (Å²) in [6.45, 7) is 1.86. The van der Waals surface area contributed by atoms with E-state index < -0.39 is 5.24 Å². The van der Waals surface area contributed by atoms with E-state index in [0.29, 0.717) is 12.0 Å². The number of aromatic nitrogens is 1. The Morgan fingerprint density at radius 1 is 1.29 bits per heavy atom. The van der Waals surface area contributed by atoms with Gasteiger partial charge in [0.1, 0.15) is 5.75 Å². The van der Waals surface area contributed by atoms with E-state index in [1.807, 2.05) is 35.8 Å². The molecule has 0 bridgehead atoms. The van der Waals surface area contributed by atoms with E-state index in [0.717, 1.165) is 17.1 Å². The lowest BCUT2D eigenvalue weighted by molar-refractivity contribution is -0.111. The molecule has 0 aliphatic rings. The lowest BCUT2D eigenvalue weighted by Gasteiger charge is -2.13. The number of ether oxygens (including phenoxy) is 1. The molecule has 0 N–H and O–H groups in total. The molecular formula is C16H16ClNO3. The zero-order valence-electron chi connectivity index (χ0n) is 11.9. The van der Waals surface area contributed by atoms with Gasteiger partial charge in [-0.25, -0.2) is 0 Å². The number of nitrogens with zero attached hydrogens (tertiary/aromatic N) is 1. The van der Waals surface area contributed by atoms with Crippen molar-refractivity contribution in [2.75, 3.05) is 7.11 Å². The van der Waals surface area contributed by atoms with E-state index in [1.54, 1.807) is 19.4 Å². The average molecular weight is 306 g/mol. The van der Waals surface area contributed by atoms with Crippen molar-refractivity contribution in [1.29, 1.82) is 0 Å². The van der Waals surface area contributed by atoms with Gasteiger partial charge in [0.15, 0.2) is 5.43 Å². The van der Waals surface area contributed by atoms with Crippen LogP contribution in [0, 0.1) is 6.92 Å². The van der Waals surface area contributed by atoms with E-state index in [1.165, 1.54) is 0 Å². The Kier molecular flexibility index (Phi) is 4.81. The van der Waals surface area contributed by atoms with Crippen LogP contribution in [0.3, 0.4) is 0 Å². The van der Waals surface area contributed by atoms with Gasteiger partial charge in [-0.2, -0.15) is 0 Å². The van der Waals surface area contributed by atoms with E-state index in [2.05, 4.69) is 0 Å². The highest BCUT2D eigenvalue weighted by Gasteiger charge is 2.07. The first-order valence-electron chi connectivity index (χ1n) is 6.56. The summed E-state index contributed by atoms with van der Waals surface area (Å²) in [7, 11) is 1.61. The van der Waals surface area contributed by atoms with Gasteiger partial charge in [0.2, 0.25) is 5.24 Å². The number of benzene rings is 1. The lowest BCUT2D eigenvalue weighted by Crippen LogP contribution is -2.14. The van der Waals surface area contributed by atoms with Crippen molar-refractivity contribution >= 4 is 16.8 Å². The van der Waals surface area contributed by atoms with E-state index >= 15 is 0 Å². The molecule has 0 aliphatic heterocycles. The van der Waals surface area contributed by atoms with Gasteiger partial charge < -0.3 is 9.30 Å². The molecule has 2 aromatic rings. The van der Waals surface area contributed by atoms with Crippen molar-refractivity contribution in [1.82, 2.24) is 4.57 Å². The summed E-state index contributed by atoms with van der Waals surface area (Å²) in [5.74, 6) is 0.769. The van der Waals surface area contributed by atoms with Crippen LogP contribution in [0.1, 0.15) is 17.7 Å². The molecule has 1 heterocycles. The van der Waals surface area contributed by atoms with Crippen molar-refractivity contribution in [2.24, 2.45) is 0 Å². The number of hydrogen-bond acceptors (Lipinski definition) is 3. The highest BCUT2D eigenvalue weighted by Crippen LogP contribution is 2.16. The Bertz CT molecular complexity index is 704. The van der Waals surface area contributed by atoms with Crippen molar-refractivity contribution < 1.29 is 9.53 Å². The Labute approximate surface area is 127 Å². The van der Waals surface area contributed by atoms with Crippen LogP contribution < -0.4 is 10.2 Å². The third-order valence-electron chi connectivity index (χ3n) is 3.26. The van der Waals surface area contributed by atoms with Gasteiger partial charge in [-0.05, 0) is 49.2 Å². The molecule has 0 unspecified atom stereocenters. The normalized spacial score (nSPS) is 10.4. The van der Waals surface area contributed by atoms with Crippen molar-refractivity contribution in [2.45, 2.75) is 19.8 Å². The summed E-state index contributed by atoms with van der Waals surface area (Å²) in [6, 6.07) is 9.10. The predicted molar refractivity (Wildman–Crippen MR) is 82.5 cm³/mol. The Balaban J connectivity index is 2.40. The maximum Gasteiger partial charge on any atom is 0.221 e. The van der Waals surface area contributed by atoms with E-state index in [4.69, 9.17) is 16.3 Å². The number of aryl methyl sites for hydroxylation is 2. The predicted octanol–water partition coefficient (Wildman–Crippen LogP) is 2.85. The van der Waals surface area contributed by atoms with Gasteiger partial charge in [-0.1, -0.05) is 0 Å². The number of hydrogen-bond donors (Lipinski definition) is 0. The number of methoxy groups -OCH3 is 1. The molecular weight excluding hydrogens is 290 g/mol. The third-order valence-corrected chi connectivity index (χ3v) is 3.45. The topological polar surface area (TPSA) is 48.3 Å². The Hall–Kier alpha value is -2.07. The highest BCUT2D eigenvalue weighted by atomic mass is 35.5. The second-order valence-electron chi connectivity index (χ2n) is 4.73. The largest absolute Gasteiger partial charge is 0.497 e. The van der Waals surface area contributed by atoms with E-state index in [9.17, 15) is 9.59 Å². The maximum atomic E-state index is 11.9. The van der Waals surface area contributed by atoms with Crippen LogP contribution in [0.15, 0.2) is 41.3 Å². The van der Waals surface area contributed by atoms with Gasteiger partial charge >= 0.3 is 0 Å². The summed E-state index contributed by atoms with van der Waals surface area (Å²) < 4.78 is 7.04. The molecule has 1 aromatic carbocycles. The number of pyridine rings is 1. The molecule has 2 rings (SSSR count). The summed E-state index contributed by atoms with van der Waals surface area (Å²) in [5.41, 5.74) is 2.25. The van der Waals surface area contributed by atoms with Crippen LogP contribution >= 0.6 is 11.6 Å². The fourth-order valence-corrected chi connectivity index (χ4v) is 2.21. The number of halogens is 1. The highest BCUT2D eigenvalue weighted by molar-refractivity contribution is 6.63. The molecule has 0 amide bonds. The first-order chi connectivity index (χ1) is 10.0. The fraction of sp³-hybridized carbons (Fsp3) is 0.250. The molecule has 0 atom stereocenters. The van der Waals surface area contributed by atoms with Crippen LogP contribution in [-0.4, -0.2) is 16.9 Å². The summed E-state index contributed by atoms with van der Waals surface area (Å²) >= 11 is 5.34. The summed E-state index contributed by atoms with van der Waals surface area (Å²) in [4.78, 5) is 22.8. The molecule has 0 saturated carbocycles. The SMILES string of the molecule is COc1ccc(-n2cc(CCC(=O)Cl)c(=O)cc2C)cc1. The zero-order valence-corrected chi connectivity index (χ0v) is 12.7. The minimum Gasteiger partial charge on any atom is -0.497 e. The summed E-state index contributed by atoms with van der Waals surface area (Å²) in [6.07, 6.45) is 2.26. The standard InChI is InChI=1S/C16H16ClNO3/c1-11-9-15(19)12(3-8-16(17)20)10-18(11)13-4-6-14(21-2)7-5-13/h4-7,9-10H,3,8H2,1-2H3. The zero-order chi connectivity index (χ0) is 15.4. The Morgan fingerprint density at radius 3 is 2.52 bits per heavy atom. The molecule has 110 valence electrons. The second-order valence-corrected chi connectivity index (χ2v) is 5.15. The molecule has 21 heavy (non-hydrogen) atoms. The molecule has 0 spiro atoms. The molecule has 0 fully saturated rings. The number of carbonyl (C=O) groups excluding carboxylic acids is 1. The van der Waals surface area contributed by atoms with E-state index in [-0.39, 0.29) is 11.8 Å². The Morgan fingerprint density at radius 2 is 1.95 bits per heavy atom. The molecule has 0 saturated heterocycles. The molecule has 0 aliphatic carbocycles. The van der Waals surface area contributed by atoms with Crippen LogP contribution in [0.5, 0.6) is 5.75 Å². The average Bonchev–Trinajstić information content (AvgIpc) is 2.46. The molecule has 1 aromatic heterocycles. The van der Waals surface area contributed by atoms with Crippen LogP contribution in [0.2, 0.25) is 0 Å². The smallest absolute Gasteiger partial charge is 0.221 e. The van der Waals surface area contributed by atoms with Gasteiger partial charge in [0.05, 0.1) is 7.11 Å². The van der Waals surface area contributed by atoms with Gasteiger partial charge in [0, 0.05) is 35.6 Å². The monoisotopic (exact) mass is 305 g/mol. The third kappa shape index (κ3) is 3.73. The minimum atomic E-state index is -0.439. The fourth-order valence-electron chi connectivity index (χ4n) is 2.11. The first-order valence-corrected chi connectivity index (χ1v) is 6.94.